The molecule has 1 fully saturated rings. The van der Waals surface area contributed by atoms with Gasteiger partial charge < -0.3 is 5.32 Å². The predicted octanol–water partition coefficient (Wildman–Crippen LogP) is 2.74. The molecule has 1 aliphatic heterocycles. The van der Waals surface area contributed by atoms with Gasteiger partial charge in [0.05, 0.1) is 10.4 Å². The Morgan fingerprint density at radius 2 is 2.13 bits per heavy atom. The SMILES string of the molecule is O=S1(=O)NC2(CCCC2)C(CNCCF)=C1C1C=CC(Cl)=CC1. The van der Waals surface area contributed by atoms with E-state index in [4.69, 9.17) is 11.6 Å². The molecule has 7 heteroatoms. The van der Waals surface area contributed by atoms with E-state index in [9.17, 15) is 12.8 Å². The van der Waals surface area contributed by atoms with Gasteiger partial charge in [-0.3, -0.25) is 0 Å². The zero-order chi connectivity index (χ0) is 16.5. The molecule has 1 unspecified atom stereocenters. The van der Waals surface area contributed by atoms with Crippen LogP contribution in [-0.2, 0) is 10.0 Å². The summed E-state index contributed by atoms with van der Waals surface area (Å²) in [6.07, 6.45) is 9.69. The van der Waals surface area contributed by atoms with Crippen molar-refractivity contribution in [1.29, 1.82) is 0 Å². The number of alkyl halides is 1. The maximum absolute atomic E-state index is 12.8. The summed E-state index contributed by atoms with van der Waals surface area (Å²) in [5.74, 6) is -0.197. The predicted molar refractivity (Wildman–Crippen MR) is 90.3 cm³/mol. The Hall–Kier alpha value is -0.690. The molecule has 1 atom stereocenters. The minimum atomic E-state index is -3.51. The maximum Gasteiger partial charge on any atom is 0.238 e. The van der Waals surface area contributed by atoms with Gasteiger partial charge in [0.25, 0.3) is 0 Å². The summed E-state index contributed by atoms with van der Waals surface area (Å²) in [6, 6.07) is 0. The van der Waals surface area contributed by atoms with Gasteiger partial charge in [-0.25, -0.2) is 17.5 Å². The van der Waals surface area contributed by atoms with Crippen molar-refractivity contribution in [2.45, 2.75) is 37.6 Å². The summed E-state index contributed by atoms with van der Waals surface area (Å²) in [6.45, 7) is 0.184. The summed E-state index contributed by atoms with van der Waals surface area (Å²) in [4.78, 5) is 0.461. The highest BCUT2D eigenvalue weighted by Gasteiger charge is 2.50. The second-order valence-electron chi connectivity index (χ2n) is 6.39. The van der Waals surface area contributed by atoms with Gasteiger partial charge in [0.1, 0.15) is 6.67 Å². The Morgan fingerprint density at radius 3 is 2.74 bits per heavy atom. The van der Waals surface area contributed by atoms with Gasteiger partial charge in [-0.2, -0.15) is 0 Å². The van der Waals surface area contributed by atoms with E-state index in [0.29, 0.717) is 22.9 Å². The molecule has 128 valence electrons. The van der Waals surface area contributed by atoms with Crippen molar-refractivity contribution in [1.82, 2.24) is 10.0 Å². The third-order valence-electron chi connectivity index (χ3n) is 4.92. The smallest absolute Gasteiger partial charge is 0.238 e. The normalized spacial score (nSPS) is 28.6. The number of nitrogens with one attached hydrogen (secondary N) is 2. The minimum Gasteiger partial charge on any atom is -0.310 e. The van der Waals surface area contributed by atoms with Crippen molar-refractivity contribution < 1.29 is 12.8 Å². The largest absolute Gasteiger partial charge is 0.310 e. The first-order valence-electron chi connectivity index (χ1n) is 8.06. The number of rotatable bonds is 5. The summed E-state index contributed by atoms with van der Waals surface area (Å²) in [7, 11) is -3.51. The Kier molecular flexibility index (Phi) is 4.97. The molecule has 4 nitrogen and oxygen atoms in total. The topological polar surface area (TPSA) is 58.2 Å². The molecular formula is C16H22ClFN2O2S. The first-order chi connectivity index (χ1) is 11.0. The van der Waals surface area contributed by atoms with Gasteiger partial charge in [-0.1, -0.05) is 36.6 Å². The minimum absolute atomic E-state index is 0.197. The van der Waals surface area contributed by atoms with Crippen LogP contribution in [0, 0.1) is 5.92 Å². The lowest BCUT2D eigenvalue weighted by molar-refractivity contribution is 0.437. The third-order valence-corrected chi connectivity index (χ3v) is 6.98. The van der Waals surface area contributed by atoms with Crippen LogP contribution >= 0.6 is 11.6 Å². The van der Waals surface area contributed by atoms with Gasteiger partial charge in [-0.05, 0) is 30.9 Å². The van der Waals surface area contributed by atoms with Crippen LogP contribution in [0.3, 0.4) is 0 Å². The van der Waals surface area contributed by atoms with E-state index in [1.807, 2.05) is 12.2 Å². The molecule has 0 aromatic heterocycles. The quantitative estimate of drug-likeness (QED) is 0.741. The van der Waals surface area contributed by atoms with Crippen LogP contribution in [-0.4, -0.2) is 33.7 Å². The third kappa shape index (κ3) is 3.27. The van der Waals surface area contributed by atoms with Crippen molar-refractivity contribution in [2.75, 3.05) is 19.8 Å². The van der Waals surface area contributed by atoms with Crippen LogP contribution < -0.4 is 10.0 Å². The van der Waals surface area contributed by atoms with Crippen LogP contribution in [0.5, 0.6) is 0 Å². The van der Waals surface area contributed by atoms with Gasteiger partial charge in [-0.15, -0.1) is 0 Å². The zero-order valence-corrected chi connectivity index (χ0v) is 14.5. The fourth-order valence-corrected chi connectivity index (χ4v) is 6.18. The molecule has 2 N–H and O–H groups in total. The second-order valence-corrected chi connectivity index (χ2v) is 8.48. The van der Waals surface area contributed by atoms with Gasteiger partial charge in [0, 0.05) is 24.0 Å². The van der Waals surface area contributed by atoms with E-state index >= 15 is 0 Å². The molecule has 0 bridgehead atoms. The van der Waals surface area contributed by atoms with Crippen molar-refractivity contribution >= 4 is 21.6 Å². The standard InChI is InChI=1S/C16H22ClFN2O2S/c17-13-5-3-12(4-6-13)15-14(11-19-10-9-18)16(7-1-2-8-16)20-23(15,21)22/h3,5-6,12,19-20H,1-2,4,7-11H2. The van der Waals surface area contributed by atoms with Gasteiger partial charge in [0.15, 0.2) is 0 Å². The van der Waals surface area contributed by atoms with E-state index < -0.39 is 22.2 Å². The first kappa shape index (κ1) is 17.1. The van der Waals surface area contributed by atoms with Crippen molar-refractivity contribution in [3.63, 3.8) is 0 Å². The molecule has 0 saturated heterocycles. The molecule has 0 amide bonds. The monoisotopic (exact) mass is 360 g/mol. The highest BCUT2D eigenvalue weighted by molar-refractivity contribution is 7.93. The van der Waals surface area contributed by atoms with E-state index in [0.717, 1.165) is 31.3 Å². The molecule has 1 saturated carbocycles. The molecule has 1 spiro atoms. The van der Waals surface area contributed by atoms with E-state index in [-0.39, 0.29) is 12.5 Å². The van der Waals surface area contributed by atoms with Crippen LogP contribution in [0.15, 0.2) is 33.7 Å². The van der Waals surface area contributed by atoms with E-state index in [1.165, 1.54) is 0 Å². The number of allylic oxidation sites excluding steroid dienone is 5. The Balaban J connectivity index is 1.99. The van der Waals surface area contributed by atoms with Crippen LogP contribution in [0.1, 0.15) is 32.1 Å². The zero-order valence-electron chi connectivity index (χ0n) is 12.9. The van der Waals surface area contributed by atoms with Crippen LogP contribution in [0.4, 0.5) is 4.39 Å². The lowest BCUT2D eigenvalue weighted by Crippen LogP contribution is -2.44. The molecule has 23 heavy (non-hydrogen) atoms. The molecule has 0 radical (unpaired) electrons. The molecular weight excluding hydrogens is 339 g/mol. The first-order valence-corrected chi connectivity index (χ1v) is 9.93. The van der Waals surface area contributed by atoms with Crippen molar-refractivity contribution in [3.8, 4) is 0 Å². The van der Waals surface area contributed by atoms with Crippen LogP contribution in [0.2, 0.25) is 0 Å². The summed E-state index contributed by atoms with van der Waals surface area (Å²) in [5.41, 5.74) is 0.417. The maximum atomic E-state index is 12.8. The fraction of sp³-hybridized carbons (Fsp3) is 0.625. The van der Waals surface area contributed by atoms with Crippen molar-refractivity contribution in [3.05, 3.63) is 33.7 Å². The van der Waals surface area contributed by atoms with E-state index in [2.05, 4.69) is 10.0 Å². The number of sulfonamides is 1. The molecule has 1 heterocycles. The summed E-state index contributed by atoms with van der Waals surface area (Å²) >= 11 is 5.96. The average molecular weight is 361 g/mol. The summed E-state index contributed by atoms with van der Waals surface area (Å²) < 4.78 is 40.9. The van der Waals surface area contributed by atoms with E-state index in [1.54, 1.807) is 6.08 Å². The lowest BCUT2D eigenvalue weighted by atomic mass is 9.85. The number of halogens is 2. The number of hydrogen-bond acceptors (Lipinski definition) is 3. The van der Waals surface area contributed by atoms with Crippen LogP contribution in [0.25, 0.3) is 0 Å². The molecule has 3 rings (SSSR count). The Bertz CT molecular complexity index is 664. The molecule has 0 aromatic rings. The highest BCUT2D eigenvalue weighted by atomic mass is 35.5. The number of hydrogen-bond donors (Lipinski definition) is 2. The molecule has 3 aliphatic rings. The Morgan fingerprint density at radius 1 is 1.39 bits per heavy atom. The van der Waals surface area contributed by atoms with Gasteiger partial charge in [0.2, 0.25) is 10.0 Å². The van der Waals surface area contributed by atoms with Gasteiger partial charge >= 0.3 is 0 Å². The fourth-order valence-electron chi connectivity index (χ4n) is 3.90. The molecule has 0 aromatic carbocycles. The van der Waals surface area contributed by atoms with Crippen molar-refractivity contribution in [2.24, 2.45) is 5.92 Å². The lowest BCUT2D eigenvalue weighted by Gasteiger charge is -2.27. The highest BCUT2D eigenvalue weighted by Crippen LogP contribution is 2.46. The molecule has 2 aliphatic carbocycles. The Labute approximate surface area is 141 Å². The average Bonchev–Trinajstić information content (AvgIpc) is 3.04. The summed E-state index contributed by atoms with van der Waals surface area (Å²) in [5, 5.41) is 3.68. The second kappa shape index (κ2) is 6.67.